The number of nitriles is 1. The summed E-state index contributed by atoms with van der Waals surface area (Å²) in [5, 5.41) is 30.6. The number of aromatic nitrogens is 1. The largest absolute Gasteiger partial charge is 0.444 e. The van der Waals surface area contributed by atoms with Gasteiger partial charge in [0.2, 0.25) is 5.91 Å². The number of nitrogens with zero attached hydrogens (tertiary/aromatic N) is 4. The van der Waals surface area contributed by atoms with Crippen molar-refractivity contribution in [3.05, 3.63) is 64.8 Å². The van der Waals surface area contributed by atoms with Gasteiger partial charge in [-0.05, 0) is 58.8 Å². The van der Waals surface area contributed by atoms with Crippen LogP contribution in [0.4, 0.5) is 18.4 Å². The minimum atomic E-state index is -3.33. The molecule has 0 aliphatic carbocycles. The molecule has 0 unspecified atom stereocenters. The van der Waals surface area contributed by atoms with E-state index in [1.807, 2.05) is 6.07 Å². The molecule has 2 rings (SSSR count). The van der Waals surface area contributed by atoms with Crippen LogP contribution in [-0.2, 0) is 31.4 Å². The smallest absolute Gasteiger partial charge is 0.414 e. The minimum absolute atomic E-state index is 0.0756. The lowest BCUT2D eigenvalue weighted by atomic mass is 10.1. The molecule has 0 spiro atoms. The highest BCUT2D eigenvalue weighted by atomic mass is 19.3. The Morgan fingerprint density at radius 2 is 1.53 bits per heavy atom. The summed E-state index contributed by atoms with van der Waals surface area (Å²) in [5.41, 5.74) is -2.48. The number of oxime groups is 1. The number of ether oxygens (including phenoxy) is 2. The molecule has 0 bridgehead atoms. The fraction of sp³-hybridized carbons (Fsp3) is 0.448. The van der Waals surface area contributed by atoms with Crippen LogP contribution in [0.2, 0.25) is 0 Å². The third-order valence-corrected chi connectivity index (χ3v) is 5.18. The maximum atomic E-state index is 14.6. The molecule has 1 heterocycles. The van der Waals surface area contributed by atoms with Gasteiger partial charge >= 0.3 is 12.2 Å². The third-order valence-electron chi connectivity index (χ3n) is 5.18. The van der Waals surface area contributed by atoms with Crippen molar-refractivity contribution < 1.29 is 42.7 Å². The van der Waals surface area contributed by atoms with Crippen LogP contribution in [-0.4, -0.2) is 64.9 Å². The number of carbonyl (C=O) groups excluding carboxylic acids is 3. The molecular formula is C29H37F2N7O7. The van der Waals surface area contributed by atoms with Crippen LogP contribution in [0.3, 0.4) is 0 Å². The average molecular weight is 634 g/mol. The summed E-state index contributed by atoms with van der Waals surface area (Å²) in [6, 6.07) is 11.3. The van der Waals surface area contributed by atoms with Gasteiger partial charge < -0.3 is 24.8 Å². The Balaban J connectivity index is 2.05. The summed E-state index contributed by atoms with van der Waals surface area (Å²) in [5.74, 6) is -4.43. The maximum Gasteiger partial charge on any atom is 0.414 e. The van der Waals surface area contributed by atoms with Crippen molar-refractivity contribution in [3.63, 3.8) is 0 Å². The molecule has 4 N–H and O–H groups in total. The Kier molecular flexibility index (Phi) is 12.4. The molecule has 0 aliphatic heterocycles. The zero-order chi connectivity index (χ0) is 33.8. The van der Waals surface area contributed by atoms with Crippen LogP contribution < -0.4 is 21.4 Å². The number of hydrogen-bond acceptors (Lipinski definition) is 10. The summed E-state index contributed by atoms with van der Waals surface area (Å²) in [7, 11) is 0. The second-order valence-electron chi connectivity index (χ2n) is 11.4. The number of pyridine rings is 1. The summed E-state index contributed by atoms with van der Waals surface area (Å²) in [6.07, 6.45) is -2.37. The molecule has 0 fully saturated rings. The van der Waals surface area contributed by atoms with Crippen molar-refractivity contribution in [1.29, 1.82) is 5.26 Å². The molecule has 3 amide bonds. The molecule has 16 heteroatoms. The Bertz CT molecular complexity index is 1460. The van der Waals surface area contributed by atoms with Crippen LogP contribution in [0.25, 0.3) is 0 Å². The molecule has 0 radical (unpaired) electrons. The summed E-state index contributed by atoms with van der Waals surface area (Å²) >= 11 is 0. The molecule has 2 aromatic rings. The van der Waals surface area contributed by atoms with Crippen molar-refractivity contribution >= 4 is 24.1 Å². The van der Waals surface area contributed by atoms with E-state index in [0.29, 0.717) is 4.73 Å². The standard InChI is InChI=1S/C29H37F2N7O7/c1-27(2,3)44-25(40)35-24(36-26(41)45-28(4,5)6)37-43-15-14-33-23(39)16-21-19(17-32)12-13-22(38(21)42)34-18-29(30,31)20-10-8-7-9-11-20/h7-13,42H,14-16,18H2,1-6H3,(H,33,39)(H2,35,36,37,40,41). The first-order chi connectivity index (χ1) is 20.9. The van der Waals surface area contributed by atoms with E-state index >= 15 is 0 Å². The van der Waals surface area contributed by atoms with E-state index in [1.165, 1.54) is 36.4 Å². The number of alkyl carbamates (subject to hydrolysis) is 2. The molecule has 45 heavy (non-hydrogen) atoms. The van der Waals surface area contributed by atoms with Crippen molar-refractivity contribution in [2.75, 3.05) is 19.7 Å². The quantitative estimate of drug-likeness (QED) is 0.106. The molecule has 0 atom stereocenters. The molecule has 0 saturated carbocycles. The first kappa shape index (κ1) is 36.0. The van der Waals surface area contributed by atoms with Crippen molar-refractivity contribution in [2.45, 2.75) is 65.1 Å². The van der Waals surface area contributed by atoms with E-state index in [0.717, 1.165) is 0 Å². The Hall–Kier alpha value is -5.20. The number of halogens is 2. The van der Waals surface area contributed by atoms with Crippen molar-refractivity contribution in [1.82, 2.24) is 20.7 Å². The maximum absolute atomic E-state index is 14.6. The molecule has 1 aromatic heterocycles. The second kappa shape index (κ2) is 15.5. The Morgan fingerprint density at radius 1 is 0.956 bits per heavy atom. The van der Waals surface area contributed by atoms with Gasteiger partial charge in [-0.2, -0.15) is 18.8 Å². The van der Waals surface area contributed by atoms with Gasteiger partial charge in [-0.3, -0.25) is 20.4 Å². The molecule has 0 saturated heterocycles. The van der Waals surface area contributed by atoms with E-state index in [-0.39, 0.29) is 35.5 Å². The van der Waals surface area contributed by atoms with Crippen LogP contribution in [0.15, 0.2) is 52.6 Å². The SMILES string of the molecule is CC(C)(C)OC(=O)NC(=NOCCNC(=O)Cc1c(C#N)ccc(=NCC(F)(F)c2ccccc2)n1O)NC(=O)OC(C)(C)C. The zero-order valence-electron chi connectivity index (χ0n) is 25.8. The normalized spacial score (nSPS) is 11.9. The zero-order valence-corrected chi connectivity index (χ0v) is 25.8. The number of alkyl halides is 2. The summed E-state index contributed by atoms with van der Waals surface area (Å²) in [6.45, 7) is 8.46. The first-order valence-corrected chi connectivity index (χ1v) is 13.6. The topological polar surface area (TPSA) is 189 Å². The number of guanidine groups is 1. The van der Waals surface area contributed by atoms with Crippen molar-refractivity contribution in [2.24, 2.45) is 10.1 Å². The van der Waals surface area contributed by atoms with Crippen LogP contribution in [0.5, 0.6) is 0 Å². The van der Waals surface area contributed by atoms with Gasteiger partial charge in [0.25, 0.3) is 11.9 Å². The number of benzene rings is 1. The number of hydrogen-bond donors (Lipinski definition) is 4. The number of carbonyl (C=O) groups is 3. The second-order valence-corrected chi connectivity index (χ2v) is 11.4. The lowest BCUT2D eigenvalue weighted by Gasteiger charge is -2.21. The first-order valence-electron chi connectivity index (χ1n) is 13.6. The fourth-order valence-electron chi connectivity index (χ4n) is 3.36. The highest BCUT2D eigenvalue weighted by Gasteiger charge is 2.31. The van der Waals surface area contributed by atoms with E-state index < -0.39 is 54.1 Å². The van der Waals surface area contributed by atoms with E-state index in [4.69, 9.17) is 14.3 Å². The van der Waals surface area contributed by atoms with E-state index in [9.17, 15) is 33.6 Å². The van der Waals surface area contributed by atoms with E-state index in [2.05, 4.69) is 26.1 Å². The van der Waals surface area contributed by atoms with Gasteiger partial charge in [-0.25, -0.2) is 9.59 Å². The number of rotatable bonds is 9. The predicted molar refractivity (Wildman–Crippen MR) is 156 cm³/mol. The van der Waals surface area contributed by atoms with E-state index in [1.54, 1.807) is 47.6 Å². The highest BCUT2D eigenvalue weighted by molar-refractivity contribution is 6.01. The monoisotopic (exact) mass is 633 g/mol. The molecule has 1 aromatic carbocycles. The Labute approximate surface area is 258 Å². The lowest BCUT2D eigenvalue weighted by molar-refractivity contribution is -0.121. The average Bonchev–Trinajstić information content (AvgIpc) is 2.91. The lowest BCUT2D eigenvalue weighted by Crippen LogP contribution is -2.47. The Morgan fingerprint density at radius 3 is 2.07 bits per heavy atom. The fourth-order valence-corrected chi connectivity index (χ4v) is 3.36. The van der Waals surface area contributed by atoms with Gasteiger partial charge in [0.1, 0.15) is 30.4 Å². The number of amides is 3. The van der Waals surface area contributed by atoms with Crippen LogP contribution >= 0.6 is 0 Å². The molecule has 14 nitrogen and oxygen atoms in total. The van der Waals surface area contributed by atoms with Crippen LogP contribution in [0.1, 0.15) is 58.4 Å². The minimum Gasteiger partial charge on any atom is -0.444 e. The molecule has 244 valence electrons. The summed E-state index contributed by atoms with van der Waals surface area (Å²) < 4.78 is 39.8. The van der Waals surface area contributed by atoms with Gasteiger partial charge in [0, 0.05) is 5.56 Å². The van der Waals surface area contributed by atoms with Gasteiger partial charge in [0.05, 0.1) is 24.2 Å². The number of nitrogens with one attached hydrogen (secondary N) is 3. The molecule has 0 aliphatic rings. The predicted octanol–water partition coefficient (Wildman–Crippen LogP) is 3.29. The van der Waals surface area contributed by atoms with Crippen LogP contribution in [0, 0.1) is 11.3 Å². The van der Waals surface area contributed by atoms with Crippen molar-refractivity contribution in [3.8, 4) is 6.07 Å². The van der Waals surface area contributed by atoms with Gasteiger partial charge in [0.15, 0.2) is 5.49 Å². The van der Waals surface area contributed by atoms with Gasteiger partial charge in [-0.1, -0.05) is 30.3 Å². The summed E-state index contributed by atoms with van der Waals surface area (Å²) in [4.78, 5) is 45.7. The third kappa shape index (κ3) is 12.9. The highest BCUT2D eigenvalue weighted by Crippen LogP contribution is 2.27. The molecular weight excluding hydrogens is 596 g/mol. The van der Waals surface area contributed by atoms with Gasteiger partial charge in [-0.15, -0.1) is 0 Å².